The highest BCUT2D eigenvalue weighted by atomic mass is 16.5. The first-order valence-electron chi connectivity index (χ1n) is 6.71. The van der Waals surface area contributed by atoms with Crippen molar-refractivity contribution in [2.24, 2.45) is 0 Å². The number of aryl methyl sites for hydroxylation is 1. The summed E-state index contributed by atoms with van der Waals surface area (Å²) in [5.74, 6) is 0. The SMILES string of the molecule is COCCCc1ccc(C2CCCCN2)cc1. The highest BCUT2D eigenvalue weighted by Crippen LogP contribution is 2.23. The monoisotopic (exact) mass is 233 g/mol. The zero-order valence-corrected chi connectivity index (χ0v) is 10.7. The third-order valence-corrected chi connectivity index (χ3v) is 3.51. The standard InChI is InChI=1S/C15H23NO/c1-17-12-4-5-13-7-9-14(10-8-13)15-6-2-3-11-16-15/h7-10,15-16H,2-6,11-12H2,1H3. The highest BCUT2D eigenvalue weighted by Gasteiger charge is 2.13. The molecule has 1 aliphatic heterocycles. The summed E-state index contributed by atoms with van der Waals surface area (Å²) in [6, 6.07) is 9.68. The summed E-state index contributed by atoms with van der Waals surface area (Å²) in [5, 5.41) is 3.59. The molecular weight excluding hydrogens is 210 g/mol. The molecule has 1 saturated heterocycles. The van der Waals surface area contributed by atoms with E-state index >= 15 is 0 Å². The number of piperidine rings is 1. The molecule has 1 aromatic rings. The van der Waals surface area contributed by atoms with E-state index in [4.69, 9.17) is 4.74 Å². The van der Waals surface area contributed by atoms with Gasteiger partial charge in [0.25, 0.3) is 0 Å². The molecule has 1 unspecified atom stereocenters. The molecule has 0 radical (unpaired) electrons. The largest absolute Gasteiger partial charge is 0.385 e. The van der Waals surface area contributed by atoms with Crippen molar-refractivity contribution in [3.8, 4) is 0 Å². The van der Waals surface area contributed by atoms with Crippen LogP contribution in [0.2, 0.25) is 0 Å². The fourth-order valence-corrected chi connectivity index (χ4v) is 2.47. The summed E-state index contributed by atoms with van der Waals surface area (Å²) in [4.78, 5) is 0. The molecule has 0 spiro atoms. The Morgan fingerprint density at radius 2 is 2.06 bits per heavy atom. The Labute approximate surface area is 104 Å². The van der Waals surface area contributed by atoms with Gasteiger partial charge in [-0.3, -0.25) is 0 Å². The third kappa shape index (κ3) is 3.83. The van der Waals surface area contributed by atoms with E-state index in [1.165, 1.54) is 36.9 Å². The van der Waals surface area contributed by atoms with Crippen molar-refractivity contribution in [2.75, 3.05) is 20.3 Å². The second kappa shape index (κ2) is 6.77. The lowest BCUT2D eigenvalue weighted by Gasteiger charge is -2.23. The van der Waals surface area contributed by atoms with Gasteiger partial charge >= 0.3 is 0 Å². The zero-order chi connectivity index (χ0) is 11.9. The third-order valence-electron chi connectivity index (χ3n) is 3.51. The molecule has 1 aromatic carbocycles. The number of benzene rings is 1. The number of ether oxygens (including phenoxy) is 1. The van der Waals surface area contributed by atoms with Crippen LogP contribution in [-0.2, 0) is 11.2 Å². The Morgan fingerprint density at radius 1 is 1.24 bits per heavy atom. The van der Waals surface area contributed by atoms with Crippen molar-refractivity contribution in [3.05, 3.63) is 35.4 Å². The molecular formula is C15H23NO. The van der Waals surface area contributed by atoms with E-state index in [0.29, 0.717) is 6.04 Å². The Morgan fingerprint density at radius 3 is 2.71 bits per heavy atom. The van der Waals surface area contributed by atoms with Crippen LogP contribution < -0.4 is 5.32 Å². The van der Waals surface area contributed by atoms with E-state index in [1.54, 1.807) is 7.11 Å². The fraction of sp³-hybridized carbons (Fsp3) is 0.600. The first-order chi connectivity index (χ1) is 8.40. The summed E-state index contributed by atoms with van der Waals surface area (Å²) >= 11 is 0. The molecule has 0 aliphatic carbocycles. The van der Waals surface area contributed by atoms with Gasteiger partial charge in [-0.1, -0.05) is 30.7 Å². The normalized spacial score (nSPS) is 20.4. The van der Waals surface area contributed by atoms with Gasteiger partial charge in [0.1, 0.15) is 0 Å². The van der Waals surface area contributed by atoms with E-state index in [0.717, 1.165) is 19.4 Å². The molecule has 1 N–H and O–H groups in total. The minimum atomic E-state index is 0.580. The number of hydrogen-bond donors (Lipinski definition) is 1. The maximum Gasteiger partial charge on any atom is 0.0465 e. The van der Waals surface area contributed by atoms with E-state index in [1.807, 2.05) is 0 Å². The van der Waals surface area contributed by atoms with Crippen LogP contribution in [0.15, 0.2) is 24.3 Å². The van der Waals surface area contributed by atoms with Crippen molar-refractivity contribution in [2.45, 2.75) is 38.1 Å². The second-order valence-corrected chi connectivity index (χ2v) is 4.84. The van der Waals surface area contributed by atoms with Gasteiger partial charge in [-0.25, -0.2) is 0 Å². The van der Waals surface area contributed by atoms with Crippen LogP contribution in [0.4, 0.5) is 0 Å². The van der Waals surface area contributed by atoms with Crippen molar-refractivity contribution in [1.29, 1.82) is 0 Å². The molecule has 0 saturated carbocycles. The molecule has 0 aromatic heterocycles. The Kier molecular flexibility index (Phi) is 5.02. The van der Waals surface area contributed by atoms with Crippen LogP contribution >= 0.6 is 0 Å². The fourth-order valence-electron chi connectivity index (χ4n) is 2.47. The lowest BCUT2D eigenvalue weighted by Crippen LogP contribution is -2.26. The Hall–Kier alpha value is -0.860. The van der Waals surface area contributed by atoms with Crippen molar-refractivity contribution in [1.82, 2.24) is 5.32 Å². The molecule has 0 bridgehead atoms. The predicted molar refractivity (Wildman–Crippen MR) is 71.2 cm³/mol. The quantitative estimate of drug-likeness (QED) is 0.789. The van der Waals surface area contributed by atoms with Gasteiger partial charge in [-0.05, 0) is 43.4 Å². The molecule has 2 rings (SSSR count). The minimum absolute atomic E-state index is 0.580. The van der Waals surface area contributed by atoms with Crippen LogP contribution in [0.3, 0.4) is 0 Å². The maximum absolute atomic E-state index is 5.07. The average molecular weight is 233 g/mol. The average Bonchev–Trinajstić information content (AvgIpc) is 2.41. The summed E-state index contributed by atoms with van der Waals surface area (Å²) in [6.07, 6.45) is 6.19. The summed E-state index contributed by atoms with van der Waals surface area (Å²) in [6.45, 7) is 2.02. The molecule has 1 fully saturated rings. The molecule has 1 aliphatic rings. The molecule has 94 valence electrons. The summed E-state index contributed by atoms with van der Waals surface area (Å²) in [7, 11) is 1.76. The van der Waals surface area contributed by atoms with E-state index in [9.17, 15) is 0 Å². The molecule has 1 heterocycles. The maximum atomic E-state index is 5.07. The highest BCUT2D eigenvalue weighted by molar-refractivity contribution is 5.25. The first-order valence-corrected chi connectivity index (χ1v) is 6.71. The van der Waals surface area contributed by atoms with Gasteiger partial charge < -0.3 is 10.1 Å². The number of hydrogen-bond acceptors (Lipinski definition) is 2. The zero-order valence-electron chi connectivity index (χ0n) is 10.7. The Balaban J connectivity index is 1.88. The lowest BCUT2D eigenvalue weighted by atomic mass is 9.96. The Bertz CT molecular complexity index is 314. The van der Waals surface area contributed by atoms with Gasteiger partial charge in [-0.15, -0.1) is 0 Å². The summed E-state index contributed by atoms with van der Waals surface area (Å²) < 4.78 is 5.07. The smallest absolute Gasteiger partial charge is 0.0465 e. The minimum Gasteiger partial charge on any atom is -0.385 e. The van der Waals surface area contributed by atoms with Crippen LogP contribution in [0, 0.1) is 0 Å². The van der Waals surface area contributed by atoms with Crippen LogP contribution in [0.5, 0.6) is 0 Å². The van der Waals surface area contributed by atoms with E-state index < -0.39 is 0 Å². The van der Waals surface area contributed by atoms with E-state index in [2.05, 4.69) is 29.6 Å². The lowest BCUT2D eigenvalue weighted by molar-refractivity contribution is 0.195. The molecule has 0 amide bonds. The van der Waals surface area contributed by atoms with Crippen LogP contribution in [0.1, 0.15) is 42.9 Å². The predicted octanol–water partition coefficient (Wildman–Crippen LogP) is 3.08. The van der Waals surface area contributed by atoms with Crippen molar-refractivity contribution in [3.63, 3.8) is 0 Å². The molecule has 17 heavy (non-hydrogen) atoms. The van der Waals surface area contributed by atoms with Crippen LogP contribution in [0.25, 0.3) is 0 Å². The van der Waals surface area contributed by atoms with Crippen molar-refractivity contribution < 1.29 is 4.74 Å². The number of methoxy groups -OCH3 is 1. The van der Waals surface area contributed by atoms with Gasteiger partial charge in [0, 0.05) is 19.8 Å². The summed E-state index contributed by atoms with van der Waals surface area (Å²) in [5.41, 5.74) is 2.86. The van der Waals surface area contributed by atoms with Gasteiger partial charge in [0.2, 0.25) is 0 Å². The second-order valence-electron chi connectivity index (χ2n) is 4.84. The number of nitrogens with one attached hydrogen (secondary N) is 1. The van der Waals surface area contributed by atoms with Gasteiger partial charge in [0.15, 0.2) is 0 Å². The number of rotatable bonds is 5. The van der Waals surface area contributed by atoms with Gasteiger partial charge in [0.05, 0.1) is 0 Å². The van der Waals surface area contributed by atoms with Crippen LogP contribution in [-0.4, -0.2) is 20.3 Å². The van der Waals surface area contributed by atoms with Crippen molar-refractivity contribution >= 4 is 0 Å². The molecule has 1 atom stereocenters. The molecule has 2 nitrogen and oxygen atoms in total. The molecule has 2 heteroatoms. The van der Waals surface area contributed by atoms with Gasteiger partial charge in [-0.2, -0.15) is 0 Å². The van der Waals surface area contributed by atoms with E-state index in [-0.39, 0.29) is 0 Å². The first kappa shape index (κ1) is 12.6. The topological polar surface area (TPSA) is 21.3 Å².